The molecule has 19 heavy (non-hydrogen) atoms. The normalized spacial score (nSPS) is 13.8. The lowest BCUT2D eigenvalue weighted by Gasteiger charge is -2.22. The zero-order valence-corrected chi connectivity index (χ0v) is 10.3. The van der Waals surface area contributed by atoms with Crippen molar-refractivity contribution < 1.29 is 4.92 Å². The predicted octanol–water partition coefficient (Wildman–Crippen LogP) is 0.812. The number of nitro groups is 1. The Morgan fingerprint density at radius 1 is 1.16 bits per heavy atom. The molecule has 0 radical (unpaired) electrons. The van der Waals surface area contributed by atoms with Crippen LogP contribution in [-0.4, -0.2) is 36.0 Å². The van der Waals surface area contributed by atoms with E-state index >= 15 is 0 Å². The molecule has 0 saturated carbocycles. The summed E-state index contributed by atoms with van der Waals surface area (Å²) in [6.07, 6.45) is 0. The zero-order valence-electron chi connectivity index (χ0n) is 10.3. The first-order chi connectivity index (χ1) is 9.25. The van der Waals surface area contributed by atoms with Crippen LogP contribution in [0.4, 0.5) is 5.69 Å². The average Bonchev–Trinajstić information content (AvgIpc) is 2.45. The van der Waals surface area contributed by atoms with Crippen LogP contribution in [0.25, 0.3) is 0 Å². The van der Waals surface area contributed by atoms with Crippen LogP contribution in [0.15, 0.2) is 24.3 Å². The molecule has 2 rings (SSSR count). The molecule has 0 atom stereocenters. The number of nitrogens with one attached hydrogen (secondary N) is 1. The minimum atomic E-state index is -0.429. The fourth-order valence-electron chi connectivity index (χ4n) is 1.65. The van der Waals surface area contributed by atoms with Gasteiger partial charge in [0, 0.05) is 55.8 Å². The standard InChI is InChI=1S/C14H13N3O2/c18-17(19)14-6-4-13(5-7-14)3-1-2-10-16-11-8-15-9-12-16/h4-7,15H,8-9,11-12H2. The van der Waals surface area contributed by atoms with Gasteiger partial charge in [0.2, 0.25) is 0 Å². The van der Waals surface area contributed by atoms with Gasteiger partial charge in [-0.2, -0.15) is 0 Å². The number of piperazine rings is 1. The molecule has 0 aliphatic carbocycles. The van der Waals surface area contributed by atoms with E-state index in [0.29, 0.717) is 0 Å². The zero-order chi connectivity index (χ0) is 13.5. The van der Waals surface area contributed by atoms with Crippen LogP contribution in [0, 0.1) is 33.9 Å². The van der Waals surface area contributed by atoms with Gasteiger partial charge in [-0.1, -0.05) is 5.92 Å². The number of hydrogen-bond donors (Lipinski definition) is 1. The largest absolute Gasteiger partial charge is 0.329 e. The summed E-state index contributed by atoms with van der Waals surface area (Å²) in [7, 11) is 0. The van der Waals surface area contributed by atoms with Crippen molar-refractivity contribution in [3.8, 4) is 23.8 Å². The van der Waals surface area contributed by atoms with Crippen LogP contribution in [0.1, 0.15) is 5.56 Å². The van der Waals surface area contributed by atoms with E-state index in [1.807, 2.05) is 4.90 Å². The highest BCUT2D eigenvalue weighted by Gasteiger charge is 2.03. The number of benzene rings is 1. The van der Waals surface area contributed by atoms with Crippen LogP contribution in [0.2, 0.25) is 0 Å². The van der Waals surface area contributed by atoms with Crippen molar-refractivity contribution in [1.29, 1.82) is 0 Å². The topological polar surface area (TPSA) is 58.4 Å². The smallest absolute Gasteiger partial charge is 0.269 e. The molecule has 0 aromatic heterocycles. The summed E-state index contributed by atoms with van der Waals surface area (Å²) in [4.78, 5) is 12.1. The van der Waals surface area contributed by atoms with Crippen molar-refractivity contribution in [2.75, 3.05) is 26.2 Å². The van der Waals surface area contributed by atoms with E-state index in [-0.39, 0.29) is 5.69 Å². The Kier molecular flexibility index (Phi) is 4.39. The highest BCUT2D eigenvalue weighted by molar-refractivity contribution is 5.43. The first kappa shape index (κ1) is 12.9. The first-order valence-corrected chi connectivity index (χ1v) is 5.97. The second-order valence-electron chi connectivity index (χ2n) is 4.03. The molecule has 0 bridgehead atoms. The molecule has 0 spiro atoms. The van der Waals surface area contributed by atoms with E-state index in [1.54, 1.807) is 12.1 Å². The van der Waals surface area contributed by atoms with Crippen LogP contribution < -0.4 is 5.32 Å². The van der Waals surface area contributed by atoms with Gasteiger partial charge in [-0.25, -0.2) is 0 Å². The van der Waals surface area contributed by atoms with Gasteiger partial charge in [0.05, 0.1) is 4.92 Å². The lowest BCUT2D eigenvalue weighted by molar-refractivity contribution is -0.384. The third kappa shape index (κ3) is 4.02. The van der Waals surface area contributed by atoms with Gasteiger partial charge in [0.15, 0.2) is 0 Å². The minimum Gasteiger partial charge on any atom is -0.329 e. The molecule has 1 aromatic carbocycles. The van der Waals surface area contributed by atoms with E-state index in [0.717, 1.165) is 31.7 Å². The first-order valence-electron chi connectivity index (χ1n) is 5.97. The molecule has 0 unspecified atom stereocenters. The van der Waals surface area contributed by atoms with Crippen LogP contribution in [0.3, 0.4) is 0 Å². The molecular weight excluding hydrogens is 242 g/mol. The van der Waals surface area contributed by atoms with Crippen molar-refractivity contribution in [2.45, 2.75) is 0 Å². The summed E-state index contributed by atoms with van der Waals surface area (Å²) in [6.45, 7) is 3.72. The van der Waals surface area contributed by atoms with Crippen molar-refractivity contribution in [3.05, 3.63) is 39.9 Å². The highest BCUT2D eigenvalue weighted by atomic mass is 16.6. The molecule has 1 saturated heterocycles. The molecule has 1 aromatic rings. The number of non-ortho nitro benzene ring substituents is 1. The molecule has 1 heterocycles. The van der Waals surface area contributed by atoms with E-state index < -0.39 is 4.92 Å². The molecule has 1 aliphatic rings. The maximum absolute atomic E-state index is 10.5. The quantitative estimate of drug-likeness (QED) is 0.458. The molecule has 1 fully saturated rings. The molecule has 5 nitrogen and oxygen atoms in total. The summed E-state index contributed by atoms with van der Waals surface area (Å²) >= 11 is 0. The Bertz CT molecular complexity index is 567. The molecule has 5 heteroatoms. The minimum absolute atomic E-state index is 0.0671. The molecule has 1 aliphatic heterocycles. The summed E-state index contributed by atoms with van der Waals surface area (Å²) in [5, 5.41) is 13.7. The summed E-state index contributed by atoms with van der Waals surface area (Å²) < 4.78 is 0. The summed E-state index contributed by atoms with van der Waals surface area (Å²) in [6, 6.07) is 9.10. The Hall–Kier alpha value is -2.50. The van der Waals surface area contributed by atoms with Gasteiger partial charge in [-0.3, -0.25) is 10.1 Å². The SMILES string of the molecule is O=[N+]([O-])c1ccc(C#CC#CN2CCNCC2)cc1. The maximum Gasteiger partial charge on any atom is 0.269 e. The van der Waals surface area contributed by atoms with Crippen molar-refractivity contribution in [3.63, 3.8) is 0 Å². The maximum atomic E-state index is 10.5. The summed E-state index contributed by atoms with van der Waals surface area (Å²) in [5.41, 5.74) is 0.790. The van der Waals surface area contributed by atoms with Gasteiger partial charge >= 0.3 is 0 Å². The highest BCUT2D eigenvalue weighted by Crippen LogP contribution is 2.10. The van der Waals surface area contributed by atoms with Gasteiger partial charge in [0.25, 0.3) is 5.69 Å². The Morgan fingerprint density at radius 3 is 2.47 bits per heavy atom. The third-order valence-corrected chi connectivity index (χ3v) is 2.68. The van der Waals surface area contributed by atoms with E-state index in [2.05, 4.69) is 29.1 Å². The van der Waals surface area contributed by atoms with Crippen LogP contribution in [-0.2, 0) is 0 Å². The fourth-order valence-corrected chi connectivity index (χ4v) is 1.65. The molecule has 0 amide bonds. The van der Waals surface area contributed by atoms with Crippen molar-refractivity contribution in [1.82, 2.24) is 10.2 Å². The summed E-state index contributed by atoms with van der Waals surface area (Å²) in [5.74, 6) is 8.41. The average molecular weight is 255 g/mol. The lowest BCUT2D eigenvalue weighted by atomic mass is 10.2. The Balaban J connectivity index is 1.96. The number of rotatable bonds is 1. The van der Waals surface area contributed by atoms with E-state index in [9.17, 15) is 10.1 Å². The monoisotopic (exact) mass is 255 g/mol. The van der Waals surface area contributed by atoms with E-state index in [1.165, 1.54) is 12.1 Å². The van der Waals surface area contributed by atoms with Gasteiger partial charge in [-0.05, 0) is 18.1 Å². The number of nitro benzene ring substituents is 1. The second kappa shape index (κ2) is 6.44. The fraction of sp³-hybridized carbons (Fsp3) is 0.286. The molecule has 1 N–H and O–H groups in total. The second-order valence-corrected chi connectivity index (χ2v) is 4.03. The van der Waals surface area contributed by atoms with Crippen LogP contribution >= 0.6 is 0 Å². The number of nitrogens with zero attached hydrogens (tertiary/aromatic N) is 2. The van der Waals surface area contributed by atoms with Gasteiger partial charge in [-0.15, -0.1) is 0 Å². The number of hydrogen-bond acceptors (Lipinski definition) is 4. The Labute approximate surface area is 111 Å². The molecular formula is C14H13N3O2. The lowest BCUT2D eigenvalue weighted by Crippen LogP contribution is -2.40. The van der Waals surface area contributed by atoms with Crippen LogP contribution in [0.5, 0.6) is 0 Å². The van der Waals surface area contributed by atoms with E-state index in [4.69, 9.17) is 0 Å². The van der Waals surface area contributed by atoms with Crippen molar-refractivity contribution >= 4 is 5.69 Å². The molecule has 96 valence electrons. The van der Waals surface area contributed by atoms with Gasteiger partial charge in [0.1, 0.15) is 0 Å². The predicted molar refractivity (Wildman–Crippen MR) is 72.2 cm³/mol. The third-order valence-electron chi connectivity index (χ3n) is 2.68. The van der Waals surface area contributed by atoms with Crippen molar-refractivity contribution in [2.24, 2.45) is 0 Å². The Morgan fingerprint density at radius 2 is 1.84 bits per heavy atom. The van der Waals surface area contributed by atoms with Gasteiger partial charge < -0.3 is 10.2 Å².